The van der Waals surface area contributed by atoms with Crippen molar-refractivity contribution < 1.29 is 19.7 Å². The minimum Gasteiger partial charge on any atom is -0.506 e. The van der Waals surface area contributed by atoms with E-state index in [1.807, 2.05) is 12.1 Å². The molecule has 0 spiro atoms. The maximum Gasteiger partial charge on any atom is 0.142 e. The van der Waals surface area contributed by atoms with E-state index in [-0.39, 0.29) is 22.3 Å². The van der Waals surface area contributed by atoms with Crippen LogP contribution < -0.4 is 20.9 Å². The second-order valence-corrected chi connectivity index (χ2v) is 21.3. The molecule has 6 aromatic rings. The fraction of sp³-hybridized carbons (Fsp3) is 0.368. The highest BCUT2D eigenvalue weighted by Gasteiger charge is 2.56. The first-order valence-electron chi connectivity index (χ1n) is 23.7. The lowest BCUT2D eigenvalue weighted by atomic mass is 9.47. The van der Waals surface area contributed by atoms with Crippen LogP contribution in [0.1, 0.15) is 110 Å². The second kappa shape index (κ2) is 13.6. The maximum atomic E-state index is 10.7. The van der Waals surface area contributed by atoms with Gasteiger partial charge < -0.3 is 31.2 Å². The molecule has 0 aliphatic heterocycles. The summed E-state index contributed by atoms with van der Waals surface area (Å²) in [5.41, 5.74) is 22.5. The molecule has 0 unspecified atom stereocenters. The number of anilines is 2. The standard InChI is InChI=1S/C57H56N2O4/c58-49-13-11-41(25-51(49)60)62-53-15-9-39(23-47(53)55-27-33-17-34(28-55)19-35(18-33)29-55)57(45-7-3-1-5-43(45)44-6-2-4-8-46(44)57)40-10-16-54(63-42-12-14-50(59)52(61)26-42)48(24-40)56-30-36-20-37(31-56)22-38(21-36)32-56/h1-16,23-26,33-38,60-61H,17-22,27-32,58-59H2. The van der Waals surface area contributed by atoms with Crippen molar-refractivity contribution >= 4 is 11.4 Å². The molecule has 0 radical (unpaired) electrons. The van der Waals surface area contributed by atoms with E-state index in [1.165, 1.54) is 122 Å². The molecule has 0 saturated heterocycles. The van der Waals surface area contributed by atoms with Crippen LogP contribution in [0.15, 0.2) is 121 Å². The molecule has 6 nitrogen and oxygen atoms in total. The molecule has 0 amide bonds. The van der Waals surface area contributed by atoms with Gasteiger partial charge in [0.15, 0.2) is 0 Å². The first-order valence-corrected chi connectivity index (χ1v) is 23.7. The van der Waals surface area contributed by atoms with Crippen molar-refractivity contribution in [1.29, 1.82) is 0 Å². The Hall–Kier alpha value is -5.88. The fourth-order valence-electron chi connectivity index (χ4n) is 15.9. The summed E-state index contributed by atoms with van der Waals surface area (Å²) < 4.78 is 13.8. The van der Waals surface area contributed by atoms with E-state index in [1.54, 1.807) is 24.3 Å². The number of phenolic OH excluding ortho intramolecular Hbond substituents is 2. The molecule has 63 heavy (non-hydrogen) atoms. The van der Waals surface area contributed by atoms with Crippen LogP contribution in [-0.2, 0) is 16.2 Å². The van der Waals surface area contributed by atoms with Crippen LogP contribution in [0.4, 0.5) is 11.4 Å². The van der Waals surface area contributed by atoms with Crippen molar-refractivity contribution in [2.45, 2.75) is 93.3 Å². The Morgan fingerprint density at radius 2 is 0.778 bits per heavy atom. The van der Waals surface area contributed by atoms with Crippen molar-refractivity contribution in [3.63, 3.8) is 0 Å². The second-order valence-electron chi connectivity index (χ2n) is 21.3. The number of hydrogen-bond acceptors (Lipinski definition) is 6. The highest BCUT2D eigenvalue weighted by molar-refractivity contribution is 5.86. The van der Waals surface area contributed by atoms with Gasteiger partial charge in [-0.1, -0.05) is 60.7 Å². The minimum atomic E-state index is -0.628. The predicted octanol–water partition coefficient (Wildman–Crippen LogP) is 13.1. The van der Waals surface area contributed by atoms with E-state index in [0.29, 0.717) is 22.9 Å². The Labute approximate surface area is 370 Å². The monoisotopic (exact) mass is 832 g/mol. The third kappa shape index (κ3) is 5.68. The van der Waals surface area contributed by atoms with E-state index in [9.17, 15) is 10.2 Å². The van der Waals surface area contributed by atoms with Crippen molar-refractivity contribution in [2.24, 2.45) is 35.5 Å². The van der Waals surface area contributed by atoms with E-state index >= 15 is 0 Å². The predicted molar refractivity (Wildman–Crippen MR) is 249 cm³/mol. The number of nitrogen functional groups attached to an aromatic ring is 2. The molecular weight excluding hydrogens is 777 g/mol. The van der Waals surface area contributed by atoms with Gasteiger partial charge in [-0.15, -0.1) is 0 Å². The summed E-state index contributed by atoms with van der Waals surface area (Å²) >= 11 is 0. The number of hydrogen-bond donors (Lipinski definition) is 4. The van der Waals surface area contributed by atoms with Gasteiger partial charge in [-0.25, -0.2) is 0 Å². The smallest absolute Gasteiger partial charge is 0.142 e. The van der Waals surface area contributed by atoms with E-state index in [0.717, 1.165) is 47.0 Å². The van der Waals surface area contributed by atoms with Gasteiger partial charge in [0.2, 0.25) is 0 Å². The summed E-state index contributed by atoms with van der Waals surface area (Å²) in [4.78, 5) is 0. The van der Waals surface area contributed by atoms with Crippen molar-refractivity contribution in [2.75, 3.05) is 11.5 Å². The van der Waals surface area contributed by atoms with Crippen molar-refractivity contribution in [1.82, 2.24) is 0 Å². The lowest BCUT2D eigenvalue weighted by Gasteiger charge is -2.57. The first-order chi connectivity index (χ1) is 30.6. The van der Waals surface area contributed by atoms with Crippen LogP contribution in [0.2, 0.25) is 0 Å². The lowest BCUT2D eigenvalue weighted by molar-refractivity contribution is -0.00611. The number of nitrogens with two attached hydrogens (primary N) is 2. The number of fused-ring (bicyclic) bond motifs is 3. The SMILES string of the molecule is Nc1ccc(Oc2ccc(C3(c4ccc(Oc5ccc(N)c(O)c5)c(C56CC7CC(CC(C7)C5)C6)c4)c4ccccc4-c4ccccc43)cc2C23CC4CC(CC(C4)C2)C3)cc1O. The van der Waals surface area contributed by atoms with Gasteiger partial charge in [0, 0.05) is 23.3 Å². The maximum absolute atomic E-state index is 10.7. The van der Waals surface area contributed by atoms with E-state index in [4.69, 9.17) is 20.9 Å². The number of ether oxygens (including phenoxy) is 2. The summed E-state index contributed by atoms with van der Waals surface area (Å²) in [6.07, 6.45) is 15.2. The summed E-state index contributed by atoms with van der Waals surface area (Å²) in [6.45, 7) is 0. The highest BCUT2D eigenvalue weighted by atomic mass is 16.5. The first kappa shape index (κ1) is 37.7. The number of benzene rings is 6. The molecule has 9 aliphatic carbocycles. The molecule has 8 bridgehead atoms. The molecule has 9 aliphatic rings. The molecule has 8 fully saturated rings. The van der Waals surface area contributed by atoms with Gasteiger partial charge in [0.05, 0.1) is 16.8 Å². The average molecular weight is 833 g/mol. The molecule has 15 rings (SSSR count). The Morgan fingerprint density at radius 1 is 0.413 bits per heavy atom. The average Bonchev–Trinajstić information content (AvgIpc) is 3.57. The zero-order chi connectivity index (χ0) is 42.2. The van der Waals surface area contributed by atoms with Gasteiger partial charge >= 0.3 is 0 Å². The zero-order valence-electron chi connectivity index (χ0n) is 35.9. The van der Waals surface area contributed by atoms with Crippen molar-refractivity contribution in [3.05, 3.63) is 155 Å². The van der Waals surface area contributed by atoms with Crippen LogP contribution in [0.25, 0.3) is 11.1 Å². The van der Waals surface area contributed by atoms with Gasteiger partial charge in [0.1, 0.15) is 34.5 Å². The third-order valence-electron chi connectivity index (χ3n) is 17.5. The Bertz CT molecular complexity index is 2580. The molecule has 8 saturated carbocycles. The number of phenols is 2. The fourth-order valence-corrected chi connectivity index (χ4v) is 15.9. The van der Waals surface area contributed by atoms with Crippen LogP contribution in [0.3, 0.4) is 0 Å². The van der Waals surface area contributed by atoms with E-state index in [2.05, 4.69) is 84.9 Å². The molecule has 0 aromatic heterocycles. The normalized spacial score (nSPS) is 30.0. The van der Waals surface area contributed by atoms with Crippen LogP contribution >= 0.6 is 0 Å². The molecule has 318 valence electrons. The summed E-state index contributed by atoms with van der Waals surface area (Å²) in [5, 5.41) is 21.4. The van der Waals surface area contributed by atoms with Crippen molar-refractivity contribution in [3.8, 4) is 45.6 Å². The number of rotatable bonds is 8. The van der Waals surface area contributed by atoms with Crippen LogP contribution in [0, 0.1) is 35.5 Å². The Balaban J connectivity index is 1.05. The largest absolute Gasteiger partial charge is 0.506 e. The molecule has 0 heterocycles. The van der Waals surface area contributed by atoms with Crippen LogP contribution in [0.5, 0.6) is 34.5 Å². The minimum absolute atomic E-state index is 0.0153. The van der Waals surface area contributed by atoms with E-state index < -0.39 is 5.41 Å². The topological polar surface area (TPSA) is 111 Å². The molecule has 6 N–H and O–H groups in total. The summed E-state index contributed by atoms with van der Waals surface area (Å²) in [6, 6.07) is 43.0. The van der Waals surface area contributed by atoms with Gasteiger partial charge in [0.25, 0.3) is 0 Å². The number of aromatic hydroxyl groups is 2. The third-order valence-corrected chi connectivity index (χ3v) is 17.5. The van der Waals surface area contributed by atoms with Crippen LogP contribution in [-0.4, -0.2) is 10.2 Å². The molecule has 6 heteroatoms. The molecule has 6 aromatic carbocycles. The highest BCUT2D eigenvalue weighted by Crippen LogP contribution is 2.66. The summed E-state index contributed by atoms with van der Waals surface area (Å²) in [5.74, 6) is 7.48. The molecule has 0 atom stereocenters. The Kier molecular flexibility index (Phi) is 8.11. The molecular formula is C57H56N2O4. The lowest BCUT2D eigenvalue weighted by Crippen LogP contribution is -2.49. The quantitative estimate of drug-likeness (QED) is 0.0896. The zero-order valence-corrected chi connectivity index (χ0v) is 35.9. The van der Waals surface area contributed by atoms with Gasteiger partial charge in [-0.2, -0.15) is 0 Å². The summed E-state index contributed by atoms with van der Waals surface area (Å²) in [7, 11) is 0. The van der Waals surface area contributed by atoms with Gasteiger partial charge in [-0.05, 0) is 205 Å². The Morgan fingerprint density at radius 3 is 1.14 bits per heavy atom. The van der Waals surface area contributed by atoms with Gasteiger partial charge in [-0.3, -0.25) is 0 Å².